The van der Waals surface area contributed by atoms with Crippen molar-refractivity contribution in [2.45, 2.75) is 39.7 Å². The van der Waals surface area contributed by atoms with Crippen LogP contribution in [0, 0.1) is 12.8 Å². The van der Waals surface area contributed by atoms with Gasteiger partial charge in [0.2, 0.25) is 0 Å². The minimum Gasteiger partial charge on any atom is -0.350 e. The fourth-order valence-electron chi connectivity index (χ4n) is 2.90. The van der Waals surface area contributed by atoms with Crippen LogP contribution < -0.4 is 5.32 Å². The molecule has 1 N–H and O–H groups in total. The summed E-state index contributed by atoms with van der Waals surface area (Å²) >= 11 is 1.49. The Morgan fingerprint density at radius 1 is 1.31 bits per heavy atom. The molecule has 0 saturated carbocycles. The maximum atomic E-state index is 12.5. The number of thiazole rings is 1. The summed E-state index contributed by atoms with van der Waals surface area (Å²) in [4.78, 5) is 30.6. The van der Waals surface area contributed by atoms with Crippen LogP contribution in [0.5, 0.6) is 0 Å². The number of hydrogen-bond donors (Lipinski definition) is 1. The van der Waals surface area contributed by atoms with E-state index in [2.05, 4.69) is 20.6 Å². The van der Waals surface area contributed by atoms with E-state index in [0.29, 0.717) is 36.9 Å². The lowest BCUT2D eigenvalue weighted by atomic mass is 10.1. The van der Waals surface area contributed by atoms with Crippen LogP contribution in [0.3, 0.4) is 0 Å². The molecular weight excluding hydrogens is 352 g/mol. The number of carbonyl (C=O) groups is 2. The average molecular weight is 376 g/mol. The lowest BCUT2D eigenvalue weighted by Gasteiger charge is -2.31. The van der Waals surface area contributed by atoms with Crippen LogP contribution in [0.25, 0.3) is 0 Å². The second-order valence-electron chi connectivity index (χ2n) is 6.96. The van der Waals surface area contributed by atoms with Gasteiger partial charge in [-0.05, 0) is 25.7 Å². The highest BCUT2D eigenvalue weighted by Gasteiger charge is 2.27. The molecule has 1 aliphatic rings. The molecule has 0 aromatic carbocycles. The Hall–Kier alpha value is -2.29. The van der Waals surface area contributed by atoms with Crippen molar-refractivity contribution >= 4 is 23.2 Å². The minimum atomic E-state index is -0.198. The number of nitrogens with zero attached hydrogens (tertiary/aromatic N) is 5. The second-order valence-corrected chi connectivity index (χ2v) is 8.03. The first-order chi connectivity index (χ1) is 12.4. The number of aryl methyl sites for hydroxylation is 1. The highest BCUT2D eigenvalue weighted by atomic mass is 32.1. The summed E-state index contributed by atoms with van der Waals surface area (Å²) in [6, 6.07) is 0.148. The first-order valence-electron chi connectivity index (χ1n) is 8.85. The van der Waals surface area contributed by atoms with E-state index in [0.717, 1.165) is 17.8 Å². The molecule has 26 heavy (non-hydrogen) atoms. The lowest BCUT2D eigenvalue weighted by molar-refractivity contribution is 0.0684. The molecular formula is C17H24N6O2S. The molecule has 8 nitrogen and oxygen atoms in total. The highest BCUT2D eigenvalue weighted by molar-refractivity contribution is 7.09. The Morgan fingerprint density at radius 3 is 2.65 bits per heavy atom. The quantitative estimate of drug-likeness (QED) is 0.860. The van der Waals surface area contributed by atoms with E-state index in [-0.39, 0.29) is 17.9 Å². The summed E-state index contributed by atoms with van der Waals surface area (Å²) < 4.78 is 1.75. The molecule has 140 valence electrons. The number of nitrogens with one attached hydrogen (secondary N) is 1. The molecule has 1 aliphatic heterocycles. The first kappa shape index (κ1) is 18.5. The number of amides is 2. The number of likely N-dealkylation sites (tertiary alicyclic amines) is 1. The van der Waals surface area contributed by atoms with Crippen LogP contribution in [-0.4, -0.2) is 56.3 Å². The zero-order valence-corrected chi connectivity index (χ0v) is 16.1. The van der Waals surface area contributed by atoms with Crippen LogP contribution in [0.2, 0.25) is 0 Å². The van der Waals surface area contributed by atoms with E-state index in [1.165, 1.54) is 11.3 Å². The molecule has 0 unspecified atom stereocenters. The largest absolute Gasteiger partial charge is 0.350 e. The van der Waals surface area contributed by atoms with Crippen molar-refractivity contribution in [1.29, 1.82) is 0 Å². The highest BCUT2D eigenvalue weighted by Crippen LogP contribution is 2.23. The Kier molecular flexibility index (Phi) is 5.65. The topological polar surface area (TPSA) is 93.0 Å². The summed E-state index contributed by atoms with van der Waals surface area (Å²) in [5, 5.41) is 13.6. The van der Waals surface area contributed by atoms with Gasteiger partial charge in [0.05, 0.1) is 17.2 Å². The van der Waals surface area contributed by atoms with Crippen molar-refractivity contribution in [2.24, 2.45) is 5.92 Å². The van der Waals surface area contributed by atoms with E-state index in [4.69, 9.17) is 0 Å². The number of aromatic nitrogens is 4. The summed E-state index contributed by atoms with van der Waals surface area (Å²) in [5.74, 6) is 0.175. The minimum absolute atomic E-state index is 0.0138. The summed E-state index contributed by atoms with van der Waals surface area (Å²) in [5.41, 5.74) is 0.859. The van der Waals surface area contributed by atoms with Gasteiger partial charge in [-0.1, -0.05) is 19.1 Å². The fourth-order valence-corrected chi connectivity index (χ4v) is 3.49. The van der Waals surface area contributed by atoms with Crippen molar-refractivity contribution in [3.05, 3.63) is 28.0 Å². The molecule has 0 aliphatic carbocycles. The van der Waals surface area contributed by atoms with Crippen LogP contribution in [0.15, 0.2) is 11.6 Å². The second kappa shape index (κ2) is 7.94. The number of carbonyl (C=O) groups excluding carboxylic acids is 2. The Balaban J connectivity index is 1.55. The molecule has 2 aromatic rings. The van der Waals surface area contributed by atoms with Crippen LogP contribution in [0.1, 0.15) is 58.7 Å². The van der Waals surface area contributed by atoms with E-state index >= 15 is 0 Å². The van der Waals surface area contributed by atoms with Crippen molar-refractivity contribution in [1.82, 2.24) is 30.2 Å². The molecule has 9 heteroatoms. The molecule has 0 radical (unpaired) electrons. The monoisotopic (exact) mass is 376 g/mol. The van der Waals surface area contributed by atoms with Gasteiger partial charge < -0.3 is 10.2 Å². The van der Waals surface area contributed by atoms with Gasteiger partial charge in [-0.25, -0.2) is 9.67 Å². The van der Waals surface area contributed by atoms with Gasteiger partial charge in [-0.2, -0.15) is 0 Å². The Bertz CT molecular complexity index is 776. The smallest absolute Gasteiger partial charge is 0.273 e. The van der Waals surface area contributed by atoms with Crippen molar-refractivity contribution in [2.75, 3.05) is 19.6 Å². The summed E-state index contributed by atoms with van der Waals surface area (Å²) in [6.45, 7) is 7.89. The lowest BCUT2D eigenvalue weighted by Crippen LogP contribution is -2.39. The van der Waals surface area contributed by atoms with Gasteiger partial charge in [0.1, 0.15) is 5.69 Å². The van der Waals surface area contributed by atoms with Crippen LogP contribution in [0.4, 0.5) is 0 Å². The third-order valence-electron chi connectivity index (χ3n) is 4.38. The Labute approximate surface area is 156 Å². The number of hydrogen-bond acceptors (Lipinski definition) is 6. The van der Waals surface area contributed by atoms with Crippen molar-refractivity contribution in [3.63, 3.8) is 0 Å². The molecule has 0 bridgehead atoms. The van der Waals surface area contributed by atoms with Crippen LogP contribution >= 0.6 is 11.3 Å². The molecule has 1 fully saturated rings. The van der Waals surface area contributed by atoms with Gasteiger partial charge >= 0.3 is 0 Å². The average Bonchev–Trinajstić information content (AvgIpc) is 3.28. The molecule has 0 spiro atoms. The number of rotatable bonds is 5. The zero-order valence-electron chi connectivity index (χ0n) is 15.3. The maximum absolute atomic E-state index is 12.5. The molecule has 2 amide bonds. The Morgan fingerprint density at radius 2 is 2.04 bits per heavy atom. The van der Waals surface area contributed by atoms with E-state index in [1.54, 1.807) is 10.9 Å². The van der Waals surface area contributed by atoms with Gasteiger partial charge in [-0.3, -0.25) is 9.59 Å². The third kappa shape index (κ3) is 4.27. The van der Waals surface area contributed by atoms with Gasteiger partial charge in [0.15, 0.2) is 5.69 Å². The molecule has 1 saturated heterocycles. The fraction of sp³-hybridized carbons (Fsp3) is 0.588. The zero-order chi connectivity index (χ0) is 18.7. The molecule has 3 rings (SSSR count). The molecule has 2 aromatic heterocycles. The van der Waals surface area contributed by atoms with Crippen molar-refractivity contribution < 1.29 is 9.59 Å². The SMILES string of the molecule is Cc1nc(C(=O)N2CCC(n3cc(C(=O)NCC(C)C)nn3)CC2)cs1. The van der Waals surface area contributed by atoms with E-state index in [9.17, 15) is 9.59 Å². The molecule has 0 atom stereocenters. The summed E-state index contributed by atoms with van der Waals surface area (Å²) in [6.07, 6.45) is 3.26. The normalized spacial score (nSPS) is 15.5. The first-order valence-corrected chi connectivity index (χ1v) is 9.73. The van der Waals surface area contributed by atoms with Gasteiger partial charge in [-0.15, -0.1) is 16.4 Å². The van der Waals surface area contributed by atoms with Gasteiger partial charge in [0, 0.05) is 25.0 Å². The van der Waals surface area contributed by atoms with Crippen LogP contribution in [-0.2, 0) is 0 Å². The third-order valence-corrected chi connectivity index (χ3v) is 5.15. The summed E-state index contributed by atoms with van der Waals surface area (Å²) in [7, 11) is 0. The van der Waals surface area contributed by atoms with Gasteiger partial charge in [0.25, 0.3) is 11.8 Å². The van der Waals surface area contributed by atoms with Crippen molar-refractivity contribution in [3.8, 4) is 0 Å². The molecule has 3 heterocycles. The van der Waals surface area contributed by atoms with E-state index in [1.807, 2.05) is 31.1 Å². The van der Waals surface area contributed by atoms with E-state index < -0.39 is 0 Å². The standard InChI is InChI=1S/C17H24N6O2S/c1-11(2)8-18-16(24)14-9-23(21-20-14)13-4-6-22(7-5-13)17(25)15-10-26-12(3)19-15/h9-11,13H,4-8H2,1-3H3,(H,18,24). The predicted octanol–water partition coefficient (Wildman–Crippen LogP) is 1.91. The number of piperidine rings is 1. The predicted molar refractivity (Wildman–Crippen MR) is 98.2 cm³/mol. The maximum Gasteiger partial charge on any atom is 0.273 e.